The van der Waals surface area contributed by atoms with Crippen molar-refractivity contribution in [3.05, 3.63) is 59.7 Å². The largest absolute Gasteiger partial charge is 0.454 e. The first-order valence-corrected chi connectivity index (χ1v) is 8.81. The molecule has 2 aromatic carbocycles. The van der Waals surface area contributed by atoms with Crippen LogP contribution in [0.5, 0.6) is 11.5 Å². The van der Waals surface area contributed by atoms with Gasteiger partial charge in [-0.1, -0.05) is 30.3 Å². The molecule has 2 amide bonds. The number of fused-ring (bicyclic) bond motifs is 1. The van der Waals surface area contributed by atoms with Crippen LogP contribution >= 0.6 is 0 Å². The van der Waals surface area contributed by atoms with Gasteiger partial charge in [0.25, 0.3) is 5.91 Å². The van der Waals surface area contributed by atoms with Gasteiger partial charge in [0.2, 0.25) is 12.7 Å². The summed E-state index contributed by atoms with van der Waals surface area (Å²) in [6, 6.07) is 15.3. The number of rotatable bonds is 6. The van der Waals surface area contributed by atoms with Crippen LogP contribution in [0.1, 0.15) is 17.5 Å². The molecule has 1 fully saturated rings. The van der Waals surface area contributed by atoms with Gasteiger partial charge in [-0.05, 0) is 30.2 Å². The normalized spacial score (nSPS) is 18.6. The van der Waals surface area contributed by atoms with Crippen LogP contribution in [0.25, 0.3) is 0 Å². The highest BCUT2D eigenvalue weighted by molar-refractivity contribution is 6.04. The van der Waals surface area contributed by atoms with E-state index in [1.54, 1.807) is 0 Å². The number of benzene rings is 2. The van der Waals surface area contributed by atoms with Crippen molar-refractivity contribution in [1.29, 1.82) is 0 Å². The Kier molecular flexibility index (Phi) is 4.58. The molecule has 6 nitrogen and oxygen atoms in total. The molecule has 0 aromatic heterocycles. The number of likely N-dealkylation sites (tertiary alicyclic amines) is 1. The Hall–Kier alpha value is -2.86. The molecule has 2 aliphatic heterocycles. The second-order valence-corrected chi connectivity index (χ2v) is 6.56. The second-order valence-electron chi connectivity index (χ2n) is 6.56. The maximum Gasteiger partial charge on any atom is 0.287 e. The van der Waals surface area contributed by atoms with E-state index >= 15 is 0 Å². The highest BCUT2D eigenvalue weighted by Crippen LogP contribution is 2.32. The summed E-state index contributed by atoms with van der Waals surface area (Å²) in [6.45, 7) is 1.30. The molecule has 0 unspecified atom stereocenters. The fourth-order valence-electron chi connectivity index (χ4n) is 3.36. The minimum Gasteiger partial charge on any atom is -0.454 e. The van der Waals surface area contributed by atoms with Crippen molar-refractivity contribution in [2.24, 2.45) is 0 Å². The van der Waals surface area contributed by atoms with E-state index in [9.17, 15) is 9.59 Å². The minimum absolute atomic E-state index is 0.0853. The van der Waals surface area contributed by atoms with E-state index in [0.717, 1.165) is 22.6 Å². The van der Waals surface area contributed by atoms with Gasteiger partial charge in [0.15, 0.2) is 17.5 Å². The average Bonchev–Trinajstić information content (AvgIpc) is 3.23. The van der Waals surface area contributed by atoms with Crippen molar-refractivity contribution in [2.75, 3.05) is 13.3 Å². The number of quaternary nitrogens is 1. The zero-order chi connectivity index (χ0) is 17.9. The topological polar surface area (TPSA) is 72.5 Å². The molecule has 0 spiro atoms. The molecule has 1 saturated heterocycles. The van der Waals surface area contributed by atoms with Crippen LogP contribution in [0, 0.1) is 0 Å². The predicted octanol–water partition coefficient (Wildman–Crippen LogP) is 0.849. The van der Waals surface area contributed by atoms with E-state index in [2.05, 4.69) is 0 Å². The molecule has 2 heterocycles. The van der Waals surface area contributed by atoms with Crippen molar-refractivity contribution in [3.8, 4) is 11.5 Å². The van der Waals surface area contributed by atoms with Crippen LogP contribution in [0.2, 0.25) is 0 Å². The van der Waals surface area contributed by atoms with E-state index in [4.69, 9.17) is 9.47 Å². The van der Waals surface area contributed by atoms with Crippen LogP contribution < -0.4 is 14.8 Å². The standard InChI is InChI=1S/C20H20N2O4/c23-19-11-16(20(24)22(19)9-8-14-4-2-1-3-5-14)21-12-15-6-7-17-18(10-15)26-13-25-17/h1-7,10,16,21H,8-9,11-13H2/p+1/t16-/m0/s1. The second kappa shape index (κ2) is 7.17. The molecule has 4 rings (SSSR count). The molecule has 6 heteroatoms. The van der Waals surface area contributed by atoms with Crippen LogP contribution in [-0.4, -0.2) is 36.1 Å². The Morgan fingerprint density at radius 3 is 2.65 bits per heavy atom. The lowest BCUT2D eigenvalue weighted by Gasteiger charge is -2.14. The number of amides is 2. The number of nitrogens with two attached hydrogens (primary N) is 1. The van der Waals surface area contributed by atoms with Gasteiger partial charge in [0, 0.05) is 12.1 Å². The van der Waals surface area contributed by atoms with E-state index in [-0.39, 0.29) is 31.1 Å². The molecule has 0 aliphatic carbocycles. The molecule has 1 atom stereocenters. The summed E-state index contributed by atoms with van der Waals surface area (Å²) in [6.07, 6.45) is 0.950. The molecular formula is C20H21N2O4+. The molecule has 2 N–H and O–H groups in total. The van der Waals surface area contributed by atoms with E-state index < -0.39 is 0 Å². The van der Waals surface area contributed by atoms with E-state index in [1.807, 2.05) is 53.8 Å². The quantitative estimate of drug-likeness (QED) is 0.782. The van der Waals surface area contributed by atoms with Crippen LogP contribution in [0.3, 0.4) is 0 Å². The molecule has 0 radical (unpaired) electrons. The third kappa shape index (κ3) is 3.41. The first-order valence-electron chi connectivity index (χ1n) is 8.81. The zero-order valence-corrected chi connectivity index (χ0v) is 14.4. The van der Waals surface area contributed by atoms with Gasteiger partial charge in [-0.3, -0.25) is 14.5 Å². The lowest BCUT2D eigenvalue weighted by atomic mass is 10.1. The van der Waals surface area contributed by atoms with E-state index in [1.165, 1.54) is 4.90 Å². The van der Waals surface area contributed by atoms with Crippen molar-refractivity contribution < 1.29 is 24.4 Å². The lowest BCUT2D eigenvalue weighted by molar-refractivity contribution is -0.690. The van der Waals surface area contributed by atoms with Gasteiger partial charge in [-0.15, -0.1) is 0 Å². The summed E-state index contributed by atoms with van der Waals surface area (Å²) in [5, 5.41) is 1.93. The van der Waals surface area contributed by atoms with Crippen LogP contribution in [0.4, 0.5) is 0 Å². The number of carbonyl (C=O) groups is 2. The number of carbonyl (C=O) groups excluding carboxylic acids is 2. The third-order valence-corrected chi connectivity index (χ3v) is 4.82. The maximum absolute atomic E-state index is 12.6. The summed E-state index contributed by atoms with van der Waals surface area (Å²) >= 11 is 0. The summed E-state index contributed by atoms with van der Waals surface area (Å²) in [4.78, 5) is 26.2. The van der Waals surface area contributed by atoms with E-state index in [0.29, 0.717) is 19.5 Å². The summed E-state index contributed by atoms with van der Waals surface area (Å²) in [7, 11) is 0. The summed E-state index contributed by atoms with van der Waals surface area (Å²) in [5.41, 5.74) is 2.16. The summed E-state index contributed by atoms with van der Waals surface area (Å²) in [5.74, 6) is 1.30. The summed E-state index contributed by atoms with van der Waals surface area (Å²) < 4.78 is 10.7. The molecule has 0 bridgehead atoms. The Balaban J connectivity index is 1.33. The van der Waals surface area contributed by atoms with Gasteiger partial charge >= 0.3 is 0 Å². The van der Waals surface area contributed by atoms with Gasteiger partial charge < -0.3 is 14.8 Å². The van der Waals surface area contributed by atoms with Gasteiger partial charge in [0.1, 0.15) is 6.54 Å². The van der Waals surface area contributed by atoms with Crippen molar-refractivity contribution >= 4 is 11.8 Å². The fourth-order valence-corrected chi connectivity index (χ4v) is 3.36. The zero-order valence-electron chi connectivity index (χ0n) is 14.4. The Morgan fingerprint density at radius 2 is 1.81 bits per heavy atom. The number of nitrogens with zero attached hydrogens (tertiary/aromatic N) is 1. The fraction of sp³-hybridized carbons (Fsp3) is 0.300. The molecule has 0 saturated carbocycles. The average molecular weight is 353 g/mol. The smallest absolute Gasteiger partial charge is 0.287 e. The highest BCUT2D eigenvalue weighted by atomic mass is 16.7. The molecule has 134 valence electrons. The first-order chi connectivity index (χ1) is 12.7. The van der Waals surface area contributed by atoms with Gasteiger partial charge in [0.05, 0.1) is 6.42 Å². The van der Waals surface area contributed by atoms with Crippen molar-refractivity contribution in [1.82, 2.24) is 4.90 Å². The lowest BCUT2D eigenvalue weighted by Crippen LogP contribution is -2.90. The third-order valence-electron chi connectivity index (χ3n) is 4.82. The highest BCUT2D eigenvalue weighted by Gasteiger charge is 2.40. The molecular weight excluding hydrogens is 332 g/mol. The minimum atomic E-state index is -0.344. The Labute approximate surface area is 151 Å². The van der Waals surface area contributed by atoms with Crippen molar-refractivity contribution in [3.63, 3.8) is 0 Å². The first kappa shape index (κ1) is 16.6. The molecule has 2 aromatic rings. The van der Waals surface area contributed by atoms with Crippen molar-refractivity contribution in [2.45, 2.75) is 25.4 Å². The van der Waals surface area contributed by atoms with Crippen LogP contribution in [0.15, 0.2) is 48.5 Å². The Morgan fingerprint density at radius 1 is 1.00 bits per heavy atom. The monoisotopic (exact) mass is 353 g/mol. The number of imide groups is 1. The number of ether oxygens (including phenoxy) is 2. The van der Waals surface area contributed by atoms with Gasteiger partial charge in [-0.25, -0.2) is 0 Å². The molecule has 2 aliphatic rings. The Bertz CT molecular complexity index is 822. The maximum atomic E-state index is 12.6. The molecule has 26 heavy (non-hydrogen) atoms. The van der Waals surface area contributed by atoms with Crippen LogP contribution in [-0.2, 0) is 22.6 Å². The number of hydrogen-bond acceptors (Lipinski definition) is 4. The SMILES string of the molecule is O=C1C[C@H]([NH2+]Cc2ccc3c(c2)OCO3)C(=O)N1CCc1ccccc1. The number of hydrogen-bond donors (Lipinski definition) is 1. The predicted molar refractivity (Wildman–Crippen MR) is 93.5 cm³/mol. The van der Waals surface area contributed by atoms with Gasteiger partial charge in [-0.2, -0.15) is 0 Å².